The Morgan fingerprint density at radius 3 is 2.69 bits per heavy atom. The zero-order valence-electron chi connectivity index (χ0n) is 14.3. The van der Waals surface area contributed by atoms with Crippen LogP contribution in [0.1, 0.15) is 29.0 Å². The molecule has 26 heavy (non-hydrogen) atoms. The molecule has 2 aromatic rings. The van der Waals surface area contributed by atoms with Gasteiger partial charge in [-0.3, -0.25) is 9.59 Å². The standard InChI is InChI=1S/C18H21N3O4.ClH/c19-10-16-8-13(11-24-16)18(23)20-14-4-3-5-15(9-14)25-12-17(22)21-6-1-2-7-21;/h3-5,8-9,11H,1-2,6-7,10,12,19H2,(H,20,23);1H. The molecule has 0 bridgehead atoms. The molecule has 1 aromatic carbocycles. The first-order chi connectivity index (χ1) is 12.2. The molecule has 0 saturated carbocycles. The summed E-state index contributed by atoms with van der Waals surface area (Å²) in [6.45, 7) is 1.84. The zero-order chi connectivity index (χ0) is 17.6. The highest BCUT2D eigenvalue weighted by Crippen LogP contribution is 2.19. The van der Waals surface area contributed by atoms with Crippen LogP contribution in [0.15, 0.2) is 41.0 Å². The molecule has 140 valence electrons. The number of furan rings is 1. The van der Waals surface area contributed by atoms with Crippen LogP contribution in [0.5, 0.6) is 5.75 Å². The molecular weight excluding hydrogens is 358 g/mol. The van der Waals surface area contributed by atoms with Crippen LogP contribution in [0.3, 0.4) is 0 Å². The lowest BCUT2D eigenvalue weighted by Crippen LogP contribution is -2.32. The van der Waals surface area contributed by atoms with Crippen LogP contribution in [-0.2, 0) is 11.3 Å². The molecule has 2 amide bonds. The van der Waals surface area contributed by atoms with Gasteiger partial charge in [0.05, 0.1) is 12.1 Å². The molecule has 1 fully saturated rings. The van der Waals surface area contributed by atoms with Crippen molar-refractivity contribution in [2.75, 3.05) is 25.0 Å². The molecular formula is C18H22ClN3O4. The summed E-state index contributed by atoms with van der Waals surface area (Å²) in [5.41, 5.74) is 6.44. The topological polar surface area (TPSA) is 97.8 Å². The maximum absolute atomic E-state index is 12.2. The first-order valence-corrected chi connectivity index (χ1v) is 8.25. The van der Waals surface area contributed by atoms with E-state index in [-0.39, 0.29) is 37.4 Å². The van der Waals surface area contributed by atoms with Gasteiger partial charge in [-0.2, -0.15) is 0 Å². The smallest absolute Gasteiger partial charge is 0.260 e. The Balaban J connectivity index is 0.00000243. The average Bonchev–Trinajstić information content (AvgIpc) is 3.31. The third kappa shape index (κ3) is 5.00. The van der Waals surface area contributed by atoms with Crippen LogP contribution in [0, 0.1) is 0 Å². The van der Waals surface area contributed by atoms with Gasteiger partial charge in [-0.05, 0) is 31.0 Å². The Hall–Kier alpha value is -2.51. The number of likely N-dealkylation sites (tertiary alicyclic amines) is 1. The number of nitrogens with one attached hydrogen (secondary N) is 1. The molecule has 3 rings (SSSR count). The van der Waals surface area contributed by atoms with E-state index in [0.29, 0.717) is 22.8 Å². The second-order valence-corrected chi connectivity index (χ2v) is 5.86. The van der Waals surface area contributed by atoms with Crippen molar-refractivity contribution < 1.29 is 18.7 Å². The van der Waals surface area contributed by atoms with E-state index in [0.717, 1.165) is 25.9 Å². The van der Waals surface area contributed by atoms with E-state index < -0.39 is 0 Å². The lowest BCUT2D eigenvalue weighted by molar-refractivity contribution is -0.132. The predicted octanol–water partition coefficient (Wildman–Crippen LogP) is 2.41. The molecule has 0 atom stereocenters. The lowest BCUT2D eigenvalue weighted by atomic mass is 10.2. The van der Waals surface area contributed by atoms with Gasteiger partial charge in [0, 0.05) is 24.8 Å². The van der Waals surface area contributed by atoms with Crippen molar-refractivity contribution in [1.82, 2.24) is 4.90 Å². The van der Waals surface area contributed by atoms with Crippen molar-refractivity contribution >= 4 is 29.9 Å². The summed E-state index contributed by atoms with van der Waals surface area (Å²) in [7, 11) is 0. The fourth-order valence-corrected chi connectivity index (χ4v) is 2.68. The maximum atomic E-state index is 12.2. The molecule has 2 heterocycles. The third-order valence-corrected chi connectivity index (χ3v) is 4.03. The minimum atomic E-state index is -0.297. The van der Waals surface area contributed by atoms with Gasteiger partial charge in [0.15, 0.2) is 6.61 Å². The van der Waals surface area contributed by atoms with Gasteiger partial charge in [0.2, 0.25) is 0 Å². The van der Waals surface area contributed by atoms with E-state index in [2.05, 4.69) is 5.32 Å². The third-order valence-electron chi connectivity index (χ3n) is 4.03. The largest absolute Gasteiger partial charge is 0.484 e. The minimum absolute atomic E-state index is 0. The molecule has 0 aliphatic carbocycles. The van der Waals surface area contributed by atoms with Gasteiger partial charge in [-0.25, -0.2) is 0 Å². The van der Waals surface area contributed by atoms with Gasteiger partial charge in [0.25, 0.3) is 11.8 Å². The summed E-state index contributed by atoms with van der Waals surface area (Å²) < 4.78 is 10.7. The lowest BCUT2D eigenvalue weighted by Gasteiger charge is -2.15. The Kier molecular flexibility index (Phi) is 7.06. The van der Waals surface area contributed by atoms with E-state index in [4.69, 9.17) is 14.9 Å². The molecule has 0 radical (unpaired) electrons. The summed E-state index contributed by atoms with van der Waals surface area (Å²) in [5.74, 6) is 0.760. The summed E-state index contributed by atoms with van der Waals surface area (Å²) in [5, 5.41) is 2.76. The summed E-state index contributed by atoms with van der Waals surface area (Å²) in [6.07, 6.45) is 3.47. The van der Waals surface area contributed by atoms with E-state index >= 15 is 0 Å². The molecule has 1 saturated heterocycles. The first-order valence-electron chi connectivity index (χ1n) is 8.25. The Morgan fingerprint density at radius 1 is 1.23 bits per heavy atom. The Bertz CT molecular complexity index is 756. The molecule has 0 unspecified atom stereocenters. The second kappa shape index (κ2) is 9.26. The molecule has 1 aliphatic heterocycles. The van der Waals surface area contributed by atoms with E-state index in [9.17, 15) is 9.59 Å². The Morgan fingerprint density at radius 2 is 2.00 bits per heavy atom. The average molecular weight is 380 g/mol. The number of halogens is 1. The molecule has 3 N–H and O–H groups in total. The highest BCUT2D eigenvalue weighted by Gasteiger charge is 2.18. The van der Waals surface area contributed by atoms with Gasteiger partial charge in [-0.15, -0.1) is 12.4 Å². The number of nitrogens with zero attached hydrogens (tertiary/aromatic N) is 1. The molecule has 1 aliphatic rings. The van der Waals surface area contributed by atoms with Gasteiger partial charge in [0.1, 0.15) is 17.8 Å². The van der Waals surface area contributed by atoms with Crippen LogP contribution in [0.25, 0.3) is 0 Å². The fourth-order valence-electron chi connectivity index (χ4n) is 2.68. The van der Waals surface area contributed by atoms with Crippen LogP contribution < -0.4 is 15.8 Å². The van der Waals surface area contributed by atoms with E-state index in [1.165, 1.54) is 6.26 Å². The van der Waals surface area contributed by atoms with E-state index in [1.54, 1.807) is 35.2 Å². The number of amides is 2. The number of ether oxygens (including phenoxy) is 1. The first kappa shape index (κ1) is 19.8. The van der Waals surface area contributed by atoms with Gasteiger partial charge >= 0.3 is 0 Å². The van der Waals surface area contributed by atoms with Crippen molar-refractivity contribution in [3.63, 3.8) is 0 Å². The highest BCUT2D eigenvalue weighted by molar-refractivity contribution is 6.04. The van der Waals surface area contributed by atoms with Crippen molar-refractivity contribution in [1.29, 1.82) is 0 Å². The number of anilines is 1. The molecule has 1 aromatic heterocycles. The fraction of sp³-hybridized carbons (Fsp3) is 0.333. The van der Waals surface area contributed by atoms with Crippen molar-refractivity contribution in [3.8, 4) is 5.75 Å². The number of rotatable bonds is 6. The van der Waals surface area contributed by atoms with Crippen molar-refractivity contribution in [2.24, 2.45) is 5.73 Å². The SMILES string of the molecule is Cl.NCc1cc(C(=O)Nc2cccc(OCC(=O)N3CCCC3)c2)co1. The molecule has 7 nitrogen and oxygen atoms in total. The van der Waals surface area contributed by atoms with Crippen LogP contribution in [-0.4, -0.2) is 36.4 Å². The highest BCUT2D eigenvalue weighted by atomic mass is 35.5. The normalized spacial score (nSPS) is 13.2. The van der Waals surface area contributed by atoms with Crippen LogP contribution in [0.4, 0.5) is 5.69 Å². The second-order valence-electron chi connectivity index (χ2n) is 5.86. The number of nitrogens with two attached hydrogens (primary N) is 1. The quantitative estimate of drug-likeness (QED) is 0.803. The number of hydrogen-bond donors (Lipinski definition) is 2. The summed E-state index contributed by atoms with van der Waals surface area (Å²) in [4.78, 5) is 26.0. The van der Waals surface area contributed by atoms with Crippen molar-refractivity contribution in [3.05, 3.63) is 47.9 Å². The monoisotopic (exact) mass is 379 g/mol. The maximum Gasteiger partial charge on any atom is 0.260 e. The summed E-state index contributed by atoms with van der Waals surface area (Å²) >= 11 is 0. The van der Waals surface area contributed by atoms with Crippen LogP contribution in [0.2, 0.25) is 0 Å². The van der Waals surface area contributed by atoms with E-state index in [1.807, 2.05) is 0 Å². The summed E-state index contributed by atoms with van der Waals surface area (Å²) in [6, 6.07) is 8.53. The minimum Gasteiger partial charge on any atom is -0.484 e. The van der Waals surface area contributed by atoms with Gasteiger partial charge < -0.3 is 25.1 Å². The Labute approximate surface area is 157 Å². The number of carbonyl (C=O) groups excluding carboxylic acids is 2. The molecule has 8 heteroatoms. The zero-order valence-corrected chi connectivity index (χ0v) is 15.1. The number of benzene rings is 1. The van der Waals surface area contributed by atoms with Gasteiger partial charge in [-0.1, -0.05) is 6.07 Å². The van der Waals surface area contributed by atoms with Crippen LogP contribution >= 0.6 is 12.4 Å². The number of carbonyl (C=O) groups is 2. The molecule has 0 spiro atoms. The van der Waals surface area contributed by atoms with Crippen molar-refractivity contribution in [2.45, 2.75) is 19.4 Å². The predicted molar refractivity (Wildman–Crippen MR) is 99.6 cm³/mol. The number of hydrogen-bond acceptors (Lipinski definition) is 5.